The molecule has 0 saturated carbocycles. The molecule has 0 spiro atoms. The molecule has 1 fully saturated rings. The van der Waals surface area contributed by atoms with E-state index in [9.17, 15) is 0 Å². The first-order valence-electron chi connectivity index (χ1n) is 6.40. The molecule has 2 atom stereocenters. The van der Waals surface area contributed by atoms with Crippen molar-refractivity contribution in [3.8, 4) is 5.75 Å². The zero-order valence-corrected chi connectivity index (χ0v) is 10.6. The van der Waals surface area contributed by atoms with Gasteiger partial charge >= 0.3 is 0 Å². The fourth-order valence-corrected chi connectivity index (χ4v) is 2.10. The fourth-order valence-electron chi connectivity index (χ4n) is 2.10. The number of anilines is 1. The second-order valence-electron chi connectivity index (χ2n) is 4.48. The van der Waals surface area contributed by atoms with Gasteiger partial charge in [-0.15, -0.1) is 0 Å². The molecule has 1 heterocycles. The number of rotatable bonds is 5. The Morgan fingerprint density at radius 1 is 1.29 bits per heavy atom. The van der Waals surface area contributed by atoms with Gasteiger partial charge in [0.25, 0.3) is 0 Å². The van der Waals surface area contributed by atoms with Crippen LogP contribution in [0.1, 0.15) is 26.7 Å². The predicted octanol–water partition coefficient (Wildman–Crippen LogP) is 3.06. The molecule has 3 nitrogen and oxygen atoms in total. The van der Waals surface area contributed by atoms with Crippen LogP contribution in [0, 0.1) is 0 Å². The van der Waals surface area contributed by atoms with Crippen molar-refractivity contribution in [2.75, 3.05) is 18.5 Å². The third kappa shape index (κ3) is 3.63. The van der Waals surface area contributed by atoms with E-state index >= 15 is 0 Å². The highest BCUT2D eigenvalue weighted by Gasteiger charge is 2.21. The van der Waals surface area contributed by atoms with Crippen LogP contribution >= 0.6 is 0 Å². The molecular weight excluding hydrogens is 214 g/mol. The van der Waals surface area contributed by atoms with E-state index in [0.29, 0.717) is 18.8 Å². The van der Waals surface area contributed by atoms with Gasteiger partial charge in [-0.05, 0) is 51.0 Å². The van der Waals surface area contributed by atoms with Crippen molar-refractivity contribution < 1.29 is 9.47 Å². The normalized spacial score (nSPS) is 23.6. The lowest BCUT2D eigenvalue weighted by Crippen LogP contribution is -2.19. The van der Waals surface area contributed by atoms with Crippen LogP contribution in [0.25, 0.3) is 0 Å². The molecule has 1 saturated heterocycles. The molecular formula is C14H21NO2. The first-order chi connectivity index (χ1) is 8.28. The minimum absolute atomic E-state index is 0.358. The van der Waals surface area contributed by atoms with Gasteiger partial charge in [-0.1, -0.05) is 0 Å². The van der Waals surface area contributed by atoms with E-state index in [1.807, 2.05) is 31.2 Å². The molecule has 1 aromatic rings. The van der Waals surface area contributed by atoms with Crippen LogP contribution in [-0.4, -0.2) is 25.4 Å². The van der Waals surface area contributed by atoms with Crippen LogP contribution in [0.2, 0.25) is 0 Å². The largest absolute Gasteiger partial charge is 0.494 e. The summed E-state index contributed by atoms with van der Waals surface area (Å²) < 4.78 is 11.2. The summed E-state index contributed by atoms with van der Waals surface area (Å²) in [6, 6.07) is 8.07. The van der Waals surface area contributed by atoms with E-state index in [1.165, 1.54) is 6.42 Å². The number of benzene rings is 1. The quantitative estimate of drug-likeness (QED) is 0.850. The second kappa shape index (κ2) is 5.92. The summed E-state index contributed by atoms with van der Waals surface area (Å²) in [5, 5.41) is 3.40. The highest BCUT2D eigenvalue weighted by atomic mass is 16.5. The smallest absolute Gasteiger partial charge is 0.119 e. The van der Waals surface area contributed by atoms with Crippen LogP contribution < -0.4 is 10.1 Å². The van der Waals surface area contributed by atoms with E-state index in [1.54, 1.807) is 0 Å². The molecule has 0 aliphatic carbocycles. The number of nitrogens with one attached hydrogen (secondary N) is 1. The Kier molecular flexibility index (Phi) is 4.26. The third-order valence-electron chi connectivity index (χ3n) is 3.02. The van der Waals surface area contributed by atoms with Gasteiger partial charge in [-0.2, -0.15) is 0 Å². The lowest BCUT2D eigenvalue weighted by atomic mass is 10.2. The maximum Gasteiger partial charge on any atom is 0.119 e. The first kappa shape index (κ1) is 12.2. The van der Waals surface area contributed by atoms with Crippen LogP contribution in [0.3, 0.4) is 0 Å². The van der Waals surface area contributed by atoms with E-state index in [-0.39, 0.29) is 0 Å². The van der Waals surface area contributed by atoms with Gasteiger partial charge < -0.3 is 14.8 Å². The van der Waals surface area contributed by atoms with Gasteiger partial charge in [0.05, 0.1) is 18.8 Å². The van der Waals surface area contributed by atoms with Crippen molar-refractivity contribution >= 4 is 5.69 Å². The molecule has 2 unspecified atom stereocenters. The van der Waals surface area contributed by atoms with Crippen molar-refractivity contribution in [2.24, 2.45) is 0 Å². The highest BCUT2D eigenvalue weighted by molar-refractivity contribution is 5.46. The fraction of sp³-hybridized carbons (Fsp3) is 0.571. The van der Waals surface area contributed by atoms with E-state index in [2.05, 4.69) is 12.2 Å². The zero-order chi connectivity index (χ0) is 12.1. The summed E-state index contributed by atoms with van der Waals surface area (Å²) >= 11 is 0. The zero-order valence-electron chi connectivity index (χ0n) is 10.6. The summed E-state index contributed by atoms with van der Waals surface area (Å²) in [5.41, 5.74) is 1.12. The van der Waals surface area contributed by atoms with Gasteiger partial charge in [0.15, 0.2) is 0 Å². The molecule has 0 radical (unpaired) electrons. The molecule has 1 aromatic carbocycles. The van der Waals surface area contributed by atoms with Gasteiger partial charge in [-0.3, -0.25) is 0 Å². The molecule has 0 amide bonds. The van der Waals surface area contributed by atoms with Gasteiger partial charge in [-0.25, -0.2) is 0 Å². The number of hydrogen-bond acceptors (Lipinski definition) is 3. The van der Waals surface area contributed by atoms with Crippen molar-refractivity contribution in [1.82, 2.24) is 0 Å². The van der Waals surface area contributed by atoms with E-state index in [4.69, 9.17) is 9.47 Å². The Morgan fingerprint density at radius 3 is 2.65 bits per heavy atom. The first-order valence-corrected chi connectivity index (χ1v) is 6.40. The van der Waals surface area contributed by atoms with E-state index < -0.39 is 0 Å². The molecule has 0 bridgehead atoms. The molecule has 3 heteroatoms. The van der Waals surface area contributed by atoms with Crippen LogP contribution in [0.5, 0.6) is 5.75 Å². The maximum absolute atomic E-state index is 5.76. The summed E-state index contributed by atoms with van der Waals surface area (Å²) in [7, 11) is 0. The molecule has 1 aliphatic heterocycles. The average Bonchev–Trinajstić information content (AvgIpc) is 2.75. The summed E-state index contributed by atoms with van der Waals surface area (Å²) in [5.74, 6) is 0.920. The lowest BCUT2D eigenvalue weighted by Gasteiger charge is -2.13. The van der Waals surface area contributed by atoms with Crippen molar-refractivity contribution in [1.29, 1.82) is 0 Å². The van der Waals surface area contributed by atoms with Crippen molar-refractivity contribution in [3.63, 3.8) is 0 Å². The highest BCUT2D eigenvalue weighted by Crippen LogP contribution is 2.20. The Balaban J connectivity index is 1.78. The SMILES string of the molecule is CCOc1ccc(NCC2CCC(C)O2)cc1. The minimum Gasteiger partial charge on any atom is -0.494 e. The molecule has 2 rings (SSSR count). The van der Waals surface area contributed by atoms with E-state index in [0.717, 1.165) is 24.4 Å². The molecule has 94 valence electrons. The van der Waals surface area contributed by atoms with Crippen molar-refractivity contribution in [2.45, 2.75) is 38.9 Å². The lowest BCUT2D eigenvalue weighted by molar-refractivity contribution is 0.0637. The van der Waals surface area contributed by atoms with Crippen LogP contribution in [-0.2, 0) is 4.74 Å². The Hall–Kier alpha value is -1.22. The predicted molar refractivity (Wildman–Crippen MR) is 69.7 cm³/mol. The summed E-state index contributed by atoms with van der Waals surface area (Å²) in [6.45, 7) is 5.72. The van der Waals surface area contributed by atoms with Crippen LogP contribution in [0.4, 0.5) is 5.69 Å². The molecule has 0 aromatic heterocycles. The topological polar surface area (TPSA) is 30.5 Å². The maximum atomic E-state index is 5.76. The third-order valence-corrected chi connectivity index (χ3v) is 3.02. The van der Waals surface area contributed by atoms with Crippen molar-refractivity contribution in [3.05, 3.63) is 24.3 Å². The van der Waals surface area contributed by atoms with Gasteiger partial charge in [0, 0.05) is 12.2 Å². The minimum atomic E-state index is 0.358. The standard InChI is InChI=1S/C14H21NO2/c1-3-16-13-8-5-12(6-9-13)15-10-14-7-4-11(2)17-14/h5-6,8-9,11,14-15H,3-4,7,10H2,1-2H3. The Labute approximate surface area is 103 Å². The summed E-state index contributed by atoms with van der Waals surface area (Å²) in [6.07, 6.45) is 3.11. The number of hydrogen-bond donors (Lipinski definition) is 1. The van der Waals surface area contributed by atoms with Gasteiger partial charge in [0.2, 0.25) is 0 Å². The Bertz CT molecular complexity index is 337. The Morgan fingerprint density at radius 2 is 2.06 bits per heavy atom. The average molecular weight is 235 g/mol. The van der Waals surface area contributed by atoms with Gasteiger partial charge in [0.1, 0.15) is 5.75 Å². The molecule has 1 N–H and O–H groups in total. The number of ether oxygens (including phenoxy) is 2. The second-order valence-corrected chi connectivity index (χ2v) is 4.48. The summed E-state index contributed by atoms with van der Waals surface area (Å²) in [4.78, 5) is 0. The molecule has 1 aliphatic rings. The van der Waals surface area contributed by atoms with Crippen LogP contribution in [0.15, 0.2) is 24.3 Å². The molecule has 17 heavy (non-hydrogen) atoms. The monoisotopic (exact) mass is 235 g/mol.